The number of aromatic hydroxyl groups is 1. The second-order valence-electron chi connectivity index (χ2n) is 7.70. The zero-order valence-corrected chi connectivity index (χ0v) is 15.0. The van der Waals surface area contributed by atoms with E-state index in [4.69, 9.17) is 0 Å². The summed E-state index contributed by atoms with van der Waals surface area (Å²) in [6.45, 7) is 11.7. The molecule has 3 nitrogen and oxygen atoms in total. The van der Waals surface area contributed by atoms with Gasteiger partial charge in [-0.3, -0.25) is 4.90 Å². The second-order valence-corrected chi connectivity index (χ2v) is 7.70. The quantitative estimate of drug-likeness (QED) is 0.924. The van der Waals surface area contributed by atoms with Crippen molar-refractivity contribution in [2.75, 3.05) is 31.1 Å². The lowest BCUT2D eigenvalue weighted by atomic mass is 9.87. The predicted molar refractivity (Wildman–Crippen MR) is 101 cm³/mol. The first-order chi connectivity index (χ1) is 11.4. The zero-order chi connectivity index (χ0) is 17.2. The summed E-state index contributed by atoms with van der Waals surface area (Å²) in [5.41, 5.74) is 3.92. The molecule has 0 bridgehead atoms. The van der Waals surface area contributed by atoms with Gasteiger partial charge in [0.05, 0.1) is 5.69 Å². The number of nitrogens with zero attached hydrogens (tertiary/aromatic N) is 2. The lowest BCUT2D eigenvalue weighted by Crippen LogP contribution is -2.46. The predicted octanol–water partition coefficient (Wildman–Crippen LogP) is 4.01. The molecule has 0 saturated carbocycles. The molecule has 0 atom stereocenters. The summed E-state index contributed by atoms with van der Waals surface area (Å²) in [7, 11) is 0. The van der Waals surface area contributed by atoms with Crippen molar-refractivity contribution >= 4 is 5.69 Å². The van der Waals surface area contributed by atoms with E-state index in [1.165, 1.54) is 11.1 Å². The van der Waals surface area contributed by atoms with Gasteiger partial charge in [-0.05, 0) is 28.7 Å². The van der Waals surface area contributed by atoms with Crippen molar-refractivity contribution in [1.29, 1.82) is 0 Å². The minimum absolute atomic E-state index is 0.210. The summed E-state index contributed by atoms with van der Waals surface area (Å²) in [6.07, 6.45) is 0. The summed E-state index contributed by atoms with van der Waals surface area (Å²) in [6, 6.07) is 16.6. The monoisotopic (exact) mass is 324 g/mol. The Morgan fingerprint density at radius 1 is 0.875 bits per heavy atom. The van der Waals surface area contributed by atoms with E-state index in [0.29, 0.717) is 5.75 Å². The second kappa shape index (κ2) is 6.86. The fraction of sp³-hybridized carbons (Fsp3) is 0.429. The molecular weight excluding hydrogens is 296 g/mol. The van der Waals surface area contributed by atoms with Crippen LogP contribution in [0.15, 0.2) is 48.5 Å². The van der Waals surface area contributed by atoms with Gasteiger partial charge >= 0.3 is 0 Å². The minimum Gasteiger partial charge on any atom is -0.506 e. The van der Waals surface area contributed by atoms with E-state index in [-0.39, 0.29) is 5.41 Å². The highest BCUT2D eigenvalue weighted by Gasteiger charge is 2.19. The van der Waals surface area contributed by atoms with E-state index in [1.807, 2.05) is 18.2 Å². The Labute approximate surface area is 145 Å². The first-order valence-corrected chi connectivity index (χ1v) is 8.78. The van der Waals surface area contributed by atoms with Crippen LogP contribution in [0.25, 0.3) is 0 Å². The number of hydrogen-bond donors (Lipinski definition) is 1. The molecule has 2 aromatic carbocycles. The van der Waals surface area contributed by atoms with Gasteiger partial charge in [-0.2, -0.15) is 0 Å². The number of hydrogen-bond acceptors (Lipinski definition) is 3. The van der Waals surface area contributed by atoms with Crippen LogP contribution in [0.5, 0.6) is 5.75 Å². The van der Waals surface area contributed by atoms with Crippen LogP contribution in [-0.2, 0) is 12.0 Å². The molecule has 1 aliphatic rings. The molecule has 0 radical (unpaired) electrons. The SMILES string of the molecule is CC(C)(C)c1ccc(CN2CCN(c3ccccc3O)CC2)cc1. The van der Waals surface area contributed by atoms with Crippen molar-refractivity contribution < 1.29 is 5.11 Å². The van der Waals surface area contributed by atoms with Gasteiger partial charge in [0.25, 0.3) is 0 Å². The largest absolute Gasteiger partial charge is 0.506 e. The van der Waals surface area contributed by atoms with Gasteiger partial charge in [0, 0.05) is 32.7 Å². The maximum atomic E-state index is 10.0. The molecule has 1 heterocycles. The molecule has 1 aliphatic heterocycles. The van der Waals surface area contributed by atoms with Crippen LogP contribution >= 0.6 is 0 Å². The number of benzene rings is 2. The summed E-state index contributed by atoms with van der Waals surface area (Å²) in [5.74, 6) is 0.378. The van der Waals surface area contributed by atoms with Crippen LogP contribution < -0.4 is 4.90 Å². The van der Waals surface area contributed by atoms with E-state index >= 15 is 0 Å². The van der Waals surface area contributed by atoms with E-state index in [9.17, 15) is 5.11 Å². The Hall–Kier alpha value is -2.00. The Morgan fingerprint density at radius 2 is 1.50 bits per heavy atom. The van der Waals surface area contributed by atoms with Crippen LogP contribution in [-0.4, -0.2) is 36.2 Å². The smallest absolute Gasteiger partial charge is 0.138 e. The Morgan fingerprint density at radius 3 is 2.08 bits per heavy atom. The van der Waals surface area contributed by atoms with Crippen LogP contribution in [0.3, 0.4) is 0 Å². The number of phenols is 1. The van der Waals surface area contributed by atoms with E-state index < -0.39 is 0 Å². The minimum atomic E-state index is 0.210. The fourth-order valence-corrected chi connectivity index (χ4v) is 3.25. The molecule has 1 fully saturated rings. The molecule has 3 rings (SSSR count). The summed E-state index contributed by atoms with van der Waals surface area (Å²) < 4.78 is 0. The van der Waals surface area contributed by atoms with Crippen molar-refractivity contribution in [3.63, 3.8) is 0 Å². The Kier molecular flexibility index (Phi) is 4.81. The number of para-hydroxylation sites is 2. The van der Waals surface area contributed by atoms with Gasteiger partial charge in [0.2, 0.25) is 0 Å². The maximum absolute atomic E-state index is 10.0. The number of phenolic OH excluding ortho intramolecular Hbond substituents is 1. The highest BCUT2D eigenvalue weighted by Crippen LogP contribution is 2.27. The molecule has 0 amide bonds. The topological polar surface area (TPSA) is 26.7 Å². The summed E-state index contributed by atoms with van der Waals surface area (Å²) in [4.78, 5) is 4.76. The van der Waals surface area contributed by atoms with Crippen LogP contribution in [0, 0.1) is 0 Å². The standard InChI is InChI=1S/C21H28N2O/c1-21(2,3)18-10-8-17(9-11-18)16-22-12-14-23(15-13-22)19-6-4-5-7-20(19)24/h4-11,24H,12-16H2,1-3H3. The Balaban J connectivity index is 1.57. The molecule has 128 valence electrons. The molecule has 0 unspecified atom stereocenters. The maximum Gasteiger partial charge on any atom is 0.138 e. The molecule has 3 heteroatoms. The van der Waals surface area contributed by atoms with Gasteiger partial charge in [-0.15, -0.1) is 0 Å². The van der Waals surface area contributed by atoms with Gasteiger partial charge < -0.3 is 10.0 Å². The average molecular weight is 324 g/mol. The van der Waals surface area contributed by atoms with Crippen LogP contribution in [0.4, 0.5) is 5.69 Å². The van der Waals surface area contributed by atoms with Gasteiger partial charge in [0.1, 0.15) is 5.75 Å². The third-order valence-corrected chi connectivity index (χ3v) is 4.82. The van der Waals surface area contributed by atoms with E-state index in [2.05, 4.69) is 54.8 Å². The lowest BCUT2D eigenvalue weighted by Gasteiger charge is -2.36. The molecule has 0 spiro atoms. The van der Waals surface area contributed by atoms with Crippen molar-refractivity contribution in [3.8, 4) is 5.75 Å². The normalized spacial score (nSPS) is 16.4. The van der Waals surface area contributed by atoms with Gasteiger partial charge in [-0.25, -0.2) is 0 Å². The molecule has 2 aromatic rings. The van der Waals surface area contributed by atoms with Crippen molar-refractivity contribution in [3.05, 3.63) is 59.7 Å². The highest BCUT2D eigenvalue weighted by molar-refractivity contribution is 5.57. The first kappa shape index (κ1) is 16.8. The van der Waals surface area contributed by atoms with Crippen molar-refractivity contribution in [2.24, 2.45) is 0 Å². The number of rotatable bonds is 3. The fourth-order valence-electron chi connectivity index (χ4n) is 3.25. The summed E-state index contributed by atoms with van der Waals surface area (Å²) >= 11 is 0. The number of piperazine rings is 1. The van der Waals surface area contributed by atoms with Crippen molar-refractivity contribution in [2.45, 2.75) is 32.7 Å². The third-order valence-electron chi connectivity index (χ3n) is 4.82. The molecule has 0 aliphatic carbocycles. The average Bonchev–Trinajstić information content (AvgIpc) is 2.56. The lowest BCUT2D eigenvalue weighted by molar-refractivity contribution is 0.249. The van der Waals surface area contributed by atoms with Crippen LogP contribution in [0.1, 0.15) is 31.9 Å². The Bertz CT molecular complexity index is 665. The van der Waals surface area contributed by atoms with Gasteiger partial charge in [0.15, 0.2) is 0 Å². The van der Waals surface area contributed by atoms with Crippen molar-refractivity contribution in [1.82, 2.24) is 4.90 Å². The third kappa shape index (κ3) is 3.90. The molecular formula is C21H28N2O. The van der Waals surface area contributed by atoms with E-state index in [0.717, 1.165) is 38.4 Å². The summed E-state index contributed by atoms with van der Waals surface area (Å²) in [5, 5.41) is 10.0. The molecule has 1 saturated heterocycles. The number of anilines is 1. The zero-order valence-electron chi connectivity index (χ0n) is 15.0. The van der Waals surface area contributed by atoms with Crippen LogP contribution in [0.2, 0.25) is 0 Å². The first-order valence-electron chi connectivity index (χ1n) is 8.78. The van der Waals surface area contributed by atoms with Gasteiger partial charge in [-0.1, -0.05) is 57.2 Å². The molecule has 24 heavy (non-hydrogen) atoms. The molecule has 1 N–H and O–H groups in total. The van der Waals surface area contributed by atoms with E-state index in [1.54, 1.807) is 6.07 Å². The molecule has 0 aromatic heterocycles. The highest BCUT2D eigenvalue weighted by atomic mass is 16.3.